The lowest BCUT2D eigenvalue weighted by Crippen LogP contribution is -2.54. The van der Waals surface area contributed by atoms with Crippen molar-refractivity contribution in [3.8, 4) is 11.3 Å². The molecular weight excluding hydrogens is 499 g/mol. The summed E-state index contributed by atoms with van der Waals surface area (Å²) in [5.41, 5.74) is 1.85. The molecule has 0 aliphatic carbocycles. The Morgan fingerprint density at radius 3 is 2.38 bits per heavy atom. The van der Waals surface area contributed by atoms with E-state index in [2.05, 4.69) is 14.9 Å². The maximum Gasteiger partial charge on any atom is 0.323 e. The number of H-pyrrole nitrogens is 2. The second-order valence-electron chi connectivity index (χ2n) is 10.2. The van der Waals surface area contributed by atoms with Crippen molar-refractivity contribution in [3.05, 3.63) is 117 Å². The number of nitrogens with one attached hydrogen (secondary N) is 2. The molecule has 192 valence electrons. The average molecular weight is 526 g/mol. The van der Waals surface area contributed by atoms with E-state index in [0.717, 1.165) is 22.8 Å². The lowest BCUT2D eigenvalue weighted by Gasteiger charge is -2.53. The van der Waals surface area contributed by atoms with E-state index in [0.29, 0.717) is 29.4 Å². The van der Waals surface area contributed by atoms with E-state index in [1.54, 1.807) is 18.3 Å². The molecule has 1 aliphatic rings. The lowest BCUT2D eigenvalue weighted by atomic mass is 9.67. The van der Waals surface area contributed by atoms with Crippen LogP contribution in [0.15, 0.2) is 77.7 Å². The van der Waals surface area contributed by atoms with Gasteiger partial charge in [-0.2, -0.15) is 0 Å². The van der Waals surface area contributed by atoms with E-state index in [1.165, 1.54) is 26.0 Å². The summed E-state index contributed by atoms with van der Waals surface area (Å²) >= 11 is 6.14. The Labute approximate surface area is 218 Å². The summed E-state index contributed by atoms with van der Waals surface area (Å²) in [6.45, 7) is 4.03. The van der Waals surface area contributed by atoms with Crippen LogP contribution < -0.4 is 5.69 Å². The topological polar surface area (TPSA) is 51.9 Å². The summed E-state index contributed by atoms with van der Waals surface area (Å²) in [6, 6.07) is 18.3. The molecule has 37 heavy (non-hydrogen) atoms. The largest absolute Gasteiger partial charge is 0.323 e. The third-order valence-electron chi connectivity index (χ3n) is 7.09. The molecule has 0 unspecified atom stereocenters. The molecule has 1 aromatic heterocycles. The first-order valence-corrected chi connectivity index (χ1v) is 12.5. The molecule has 0 saturated carbocycles. The van der Waals surface area contributed by atoms with Gasteiger partial charge in [-0.3, -0.25) is 4.90 Å². The Morgan fingerprint density at radius 1 is 1.05 bits per heavy atom. The van der Waals surface area contributed by atoms with Gasteiger partial charge in [-0.05, 0) is 66.4 Å². The Morgan fingerprint density at radius 2 is 1.76 bits per heavy atom. The van der Waals surface area contributed by atoms with Gasteiger partial charge in [0.05, 0.1) is 5.69 Å². The third-order valence-corrected chi connectivity index (χ3v) is 7.34. The number of likely N-dealkylation sites (tertiary alicyclic amines) is 1. The van der Waals surface area contributed by atoms with Crippen molar-refractivity contribution < 1.29 is 13.2 Å². The van der Waals surface area contributed by atoms with Gasteiger partial charge in [0.1, 0.15) is 17.3 Å². The number of imidazole rings is 1. The minimum absolute atomic E-state index is 0.195. The van der Waals surface area contributed by atoms with Gasteiger partial charge in [-0.1, -0.05) is 41.9 Å². The van der Waals surface area contributed by atoms with Crippen molar-refractivity contribution in [1.29, 1.82) is 0 Å². The molecule has 1 saturated heterocycles. The predicted molar refractivity (Wildman–Crippen MR) is 139 cm³/mol. The molecule has 8 heteroatoms. The van der Waals surface area contributed by atoms with Gasteiger partial charge in [-0.15, -0.1) is 0 Å². The smallest absolute Gasteiger partial charge is 0.312 e. The second-order valence-corrected chi connectivity index (χ2v) is 10.6. The van der Waals surface area contributed by atoms with E-state index in [-0.39, 0.29) is 17.6 Å². The van der Waals surface area contributed by atoms with Crippen molar-refractivity contribution in [2.24, 2.45) is 5.92 Å². The van der Waals surface area contributed by atoms with Crippen LogP contribution in [-0.4, -0.2) is 27.1 Å². The van der Waals surface area contributed by atoms with Crippen LogP contribution in [0.1, 0.15) is 42.5 Å². The van der Waals surface area contributed by atoms with Crippen LogP contribution >= 0.6 is 11.6 Å². The van der Waals surface area contributed by atoms with Crippen molar-refractivity contribution in [2.45, 2.75) is 38.0 Å². The summed E-state index contributed by atoms with van der Waals surface area (Å²) < 4.78 is 44.0. The van der Waals surface area contributed by atoms with Crippen molar-refractivity contribution in [2.75, 3.05) is 6.54 Å². The molecule has 2 heterocycles. The predicted octanol–water partition coefficient (Wildman–Crippen LogP) is 7.01. The summed E-state index contributed by atoms with van der Waals surface area (Å²) in [6.07, 6.45) is 1.63. The minimum Gasteiger partial charge on any atom is -0.312 e. The zero-order valence-electron chi connectivity index (χ0n) is 20.4. The molecule has 1 fully saturated rings. The summed E-state index contributed by atoms with van der Waals surface area (Å²) in [4.78, 5) is 19.1. The highest BCUT2D eigenvalue weighted by Gasteiger charge is 2.49. The molecule has 1 aliphatic heterocycles. The van der Waals surface area contributed by atoms with Crippen LogP contribution in [0.2, 0.25) is 5.02 Å². The van der Waals surface area contributed by atoms with Crippen LogP contribution in [0.25, 0.3) is 11.3 Å². The maximum atomic E-state index is 15.7. The number of hydrogen-bond donors (Lipinski definition) is 2. The van der Waals surface area contributed by atoms with E-state index in [4.69, 9.17) is 11.6 Å². The normalized spacial score (nSPS) is 19.0. The second kappa shape index (κ2) is 9.88. The Bertz CT molecular complexity index is 1440. The van der Waals surface area contributed by atoms with Gasteiger partial charge in [0.15, 0.2) is 0 Å². The van der Waals surface area contributed by atoms with Crippen molar-refractivity contribution in [3.63, 3.8) is 0 Å². The first-order chi connectivity index (χ1) is 17.6. The average Bonchev–Trinajstić information content (AvgIpc) is 3.25. The quantitative estimate of drug-likeness (QED) is 0.273. The molecule has 3 aromatic carbocycles. The van der Waals surface area contributed by atoms with Crippen LogP contribution in [0.3, 0.4) is 0 Å². The molecule has 4 aromatic rings. The number of halogens is 4. The number of rotatable bonds is 7. The number of aromatic nitrogens is 2. The van der Waals surface area contributed by atoms with Crippen LogP contribution in [-0.2, 0) is 6.54 Å². The molecule has 3 atom stereocenters. The maximum absolute atomic E-state index is 15.7. The van der Waals surface area contributed by atoms with Gasteiger partial charge in [0.2, 0.25) is 0 Å². The fraction of sp³-hybridized carbons (Fsp3) is 0.276. The standard InChI is InChI=1S/C29H27ClF3N3O/c1-29(2,33)26(20-11-22(31)13-23(32)12-20)24-16-36(27(24)18-6-8-21(30)9-7-18)15-17-4-3-5-19(10-17)25-14-34-28(37)35-25/h3-14,24,26-27H,15-16H2,1-2H3,(H2,34,35,37)/t24-,26-,27-/m1/s1. The summed E-state index contributed by atoms with van der Waals surface area (Å²) in [5, 5.41) is 0.592. The van der Waals surface area contributed by atoms with E-state index >= 15 is 4.39 Å². The first-order valence-electron chi connectivity index (χ1n) is 12.1. The van der Waals surface area contributed by atoms with Gasteiger partial charge in [-0.25, -0.2) is 18.0 Å². The Kier molecular flexibility index (Phi) is 6.77. The van der Waals surface area contributed by atoms with Crippen molar-refractivity contribution in [1.82, 2.24) is 14.9 Å². The molecule has 0 bridgehead atoms. The lowest BCUT2D eigenvalue weighted by molar-refractivity contribution is -0.0423. The monoisotopic (exact) mass is 525 g/mol. The summed E-state index contributed by atoms with van der Waals surface area (Å²) in [5.74, 6) is -2.40. The Balaban J connectivity index is 1.49. The highest BCUT2D eigenvalue weighted by molar-refractivity contribution is 6.30. The third kappa shape index (κ3) is 5.38. The first kappa shape index (κ1) is 25.4. The van der Waals surface area contributed by atoms with E-state index < -0.39 is 23.2 Å². The van der Waals surface area contributed by atoms with Crippen LogP contribution in [0.5, 0.6) is 0 Å². The molecule has 4 nitrogen and oxygen atoms in total. The number of hydrogen-bond acceptors (Lipinski definition) is 2. The fourth-order valence-corrected chi connectivity index (χ4v) is 5.78. The SMILES string of the molecule is CC(C)(F)[C@H](c1cc(F)cc(F)c1)[C@H]1CN(Cc2cccc(-c3c[nH]c(=O)[nH]3)c2)[C@@H]1c1ccc(Cl)cc1. The van der Waals surface area contributed by atoms with Gasteiger partial charge >= 0.3 is 5.69 Å². The summed E-state index contributed by atoms with van der Waals surface area (Å²) in [7, 11) is 0. The van der Waals surface area contributed by atoms with Crippen molar-refractivity contribution >= 4 is 11.6 Å². The molecule has 0 spiro atoms. The fourth-order valence-electron chi connectivity index (χ4n) is 5.65. The van der Waals surface area contributed by atoms with Crippen LogP contribution in [0, 0.1) is 17.6 Å². The molecule has 5 rings (SSSR count). The van der Waals surface area contributed by atoms with E-state index in [9.17, 15) is 13.6 Å². The number of nitrogens with zero attached hydrogens (tertiary/aromatic N) is 1. The Hall–Kier alpha value is -3.29. The molecule has 0 amide bonds. The number of aromatic amines is 2. The van der Waals surface area contributed by atoms with E-state index in [1.807, 2.05) is 36.4 Å². The van der Waals surface area contributed by atoms with Gasteiger partial charge in [0.25, 0.3) is 0 Å². The zero-order chi connectivity index (χ0) is 26.3. The molecular formula is C29H27ClF3N3O. The molecule has 2 N–H and O–H groups in total. The van der Waals surface area contributed by atoms with Gasteiger partial charge < -0.3 is 9.97 Å². The van der Waals surface area contributed by atoms with Crippen LogP contribution in [0.4, 0.5) is 13.2 Å². The number of alkyl halides is 1. The molecule has 0 radical (unpaired) electrons. The highest BCUT2D eigenvalue weighted by Crippen LogP contribution is 2.52. The van der Waals surface area contributed by atoms with Gasteiger partial charge in [0, 0.05) is 48.3 Å². The number of benzene rings is 3. The highest BCUT2D eigenvalue weighted by atomic mass is 35.5. The zero-order valence-corrected chi connectivity index (χ0v) is 21.2. The minimum atomic E-state index is -1.72.